The summed E-state index contributed by atoms with van der Waals surface area (Å²) in [5.74, 6) is 0. The normalized spacial score (nSPS) is 14.2. The highest BCUT2D eigenvalue weighted by molar-refractivity contribution is 5.66. The van der Waals surface area contributed by atoms with E-state index < -0.39 is 0 Å². The average molecular weight is 253 g/mol. The van der Waals surface area contributed by atoms with Gasteiger partial charge in [-0.2, -0.15) is 0 Å². The maximum atomic E-state index is 6.07. The van der Waals surface area contributed by atoms with Crippen molar-refractivity contribution in [3.05, 3.63) is 53.6 Å². The summed E-state index contributed by atoms with van der Waals surface area (Å²) < 4.78 is 0. The second-order valence-electron chi connectivity index (χ2n) is 5.12. The fourth-order valence-electron chi connectivity index (χ4n) is 2.80. The molecular formula is C16H19N3. The quantitative estimate of drug-likeness (QED) is 0.809. The Bertz CT molecular complexity index is 592. The lowest BCUT2D eigenvalue weighted by molar-refractivity contribution is 0.692. The van der Waals surface area contributed by atoms with Gasteiger partial charge >= 0.3 is 0 Å². The molecule has 4 N–H and O–H groups in total. The van der Waals surface area contributed by atoms with E-state index in [9.17, 15) is 0 Å². The van der Waals surface area contributed by atoms with Crippen molar-refractivity contribution in [3.63, 3.8) is 0 Å². The third kappa shape index (κ3) is 2.36. The summed E-state index contributed by atoms with van der Waals surface area (Å²) in [4.78, 5) is 2.39. The smallest absolute Gasteiger partial charge is 0.0430 e. The van der Waals surface area contributed by atoms with E-state index in [4.69, 9.17) is 11.5 Å². The van der Waals surface area contributed by atoms with Crippen molar-refractivity contribution < 1.29 is 0 Å². The highest BCUT2D eigenvalue weighted by Gasteiger charge is 2.18. The molecule has 98 valence electrons. The third-order valence-corrected chi connectivity index (χ3v) is 3.71. The molecule has 0 aliphatic carbocycles. The SMILES string of the molecule is Nc1cccc(CN2CCCc3c(N)cccc32)c1. The van der Waals surface area contributed by atoms with Crippen molar-refractivity contribution in [3.8, 4) is 0 Å². The lowest BCUT2D eigenvalue weighted by atomic mass is 9.99. The van der Waals surface area contributed by atoms with Crippen LogP contribution in [0.2, 0.25) is 0 Å². The zero-order valence-corrected chi connectivity index (χ0v) is 11.0. The first-order valence-corrected chi connectivity index (χ1v) is 6.71. The van der Waals surface area contributed by atoms with Gasteiger partial charge < -0.3 is 16.4 Å². The molecule has 0 fully saturated rings. The summed E-state index contributed by atoms with van der Waals surface area (Å²) in [5, 5.41) is 0. The van der Waals surface area contributed by atoms with Crippen molar-refractivity contribution in [1.82, 2.24) is 0 Å². The molecule has 1 heterocycles. The number of rotatable bonds is 2. The minimum atomic E-state index is 0.822. The van der Waals surface area contributed by atoms with E-state index in [1.165, 1.54) is 16.8 Å². The number of hydrogen-bond donors (Lipinski definition) is 2. The van der Waals surface area contributed by atoms with E-state index in [-0.39, 0.29) is 0 Å². The van der Waals surface area contributed by atoms with Crippen molar-refractivity contribution in [1.29, 1.82) is 0 Å². The van der Waals surface area contributed by atoms with Crippen LogP contribution in [0, 0.1) is 0 Å². The van der Waals surface area contributed by atoms with E-state index in [1.807, 2.05) is 30.3 Å². The molecule has 0 spiro atoms. The Hall–Kier alpha value is -2.16. The monoisotopic (exact) mass is 253 g/mol. The highest BCUT2D eigenvalue weighted by atomic mass is 15.1. The van der Waals surface area contributed by atoms with Crippen LogP contribution in [0.1, 0.15) is 17.5 Å². The number of anilines is 3. The number of hydrogen-bond acceptors (Lipinski definition) is 3. The van der Waals surface area contributed by atoms with Gasteiger partial charge in [-0.1, -0.05) is 18.2 Å². The summed E-state index contributed by atoms with van der Waals surface area (Å²) in [6.07, 6.45) is 2.24. The van der Waals surface area contributed by atoms with Crippen molar-refractivity contribution in [2.24, 2.45) is 0 Å². The largest absolute Gasteiger partial charge is 0.399 e. The second-order valence-corrected chi connectivity index (χ2v) is 5.12. The molecule has 0 atom stereocenters. The van der Waals surface area contributed by atoms with Gasteiger partial charge in [0.1, 0.15) is 0 Å². The van der Waals surface area contributed by atoms with Crippen LogP contribution in [0.25, 0.3) is 0 Å². The Morgan fingerprint density at radius 3 is 2.74 bits per heavy atom. The summed E-state index contributed by atoms with van der Waals surface area (Å²) in [6.45, 7) is 1.97. The molecule has 0 unspecified atom stereocenters. The molecule has 2 aromatic carbocycles. The van der Waals surface area contributed by atoms with Crippen LogP contribution in [0.4, 0.5) is 17.1 Å². The average Bonchev–Trinajstić information content (AvgIpc) is 2.40. The molecule has 2 aromatic rings. The van der Waals surface area contributed by atoms with Crippen LogP contribution in [0.3, 0.4) is 0 Å². The van der Waals surface area contributed by atoms with Gasteiger partial charge in [0.25, 0.3) is 0 Å². The lowest BCUT2D eigenvalue weighted by Crippen LogP contribution is -2.29. The number of nitrogens with zero attached hydrogens (tertiary/aromatic N) is 1. The Morgan fingerprint density at radius 2 is 1.89 bits per heavy atom. The van der Waals surface area contributed by atoms with Crippen LogP contribution in [0.15, 0.2) is 42.5 Å². The molecule has 0 saturated carbocycles. The van der Waals surface area contributed by atoms with Gasteiger partial charge in [0.15, 0.2) is 0 Å². The molecule has 0 aromatic heterocycles. The maximum Gasteiger partial charge on any atom is 0.0430 e. The molecule has 19 heavy (non-hydrogen) atoms. The topological polar surface area (TPSA) is 55.3 Å². The molecule has 0 saturated heterocycles. The standard InChI is InChI=1S/C16H19N3/c17-13-5-1-4-12(10-13)11-19-9-3-6-14-15(18)7-2-8-16(14)19/h1-2,4-5,7-8,10H,3,6,9,11,17-18H2. The van der Waals surface area contributed by atoms with E-state index in [2.05, 4.69) is 17.0 Å². The second kappa shape index (κ2) is 4.84. The Kier molecular flexibility index (Phi) is 3.03. The van der Waals surface area contributed by atoms with Gasteiger partial charge in [0.05, 0.1) is 0 Å². The summed E-state index contributed by atoms with van der Waals surface area (Å²) in [7, 11) is 0. The van der Waals surface area contributed by atoms with Gasteiger partial charge in [0.2, 0.25) is 0 Å². The molecule has 3 rings (SSSR count). The molecule has 0 amide bonds. The van der Waals surface area contributed by atoms with Gasteiger partial charge in [-0.3, -0.25) is 0 Å². The number of nitrogen functional groups attached to an aromatic ring is 2. The number of nitrogens with two attached hydrogens (primary N) is 2. The van der Waals surface area contributed by atoms with Crippen LogP contribution < -0.4 is 16.4 Å². The molecule has 1 aliphatic rings. The maximum absolute atomic E-state index is 6.07. The predicted octanol–water partition coefficient (Wildman–Crippen LogP) is 2.80. The van der Waals surface area contributed by atoms with Gasteiger partial charge in [-0.05, 0) is 48.2 Å². The third-order valence-electron chi connectivity index (χ3n) is 3.71. The van der Waals surface area contributed by atoms with Crippen LogP contribution in [0.5, 0.6) is 0 Å². The summed E-state index contributed by atoms with van der Waals surface area (Å²) >= 11 is 0. The first-order chi connectivity index (χ1) is 9.24. The predicted molar refractivity (Wildman–Crippen MR) is 81.1 cm³/mol. The fraction of sp³-hybridized carbons (Fsp3) is 0.250. The fourth-order valence-corrected chi connectivity index (χ4v) is 2.80. The summed E-state index contributed by atoms with van der Waals surface area (Å²) in [5.41, 5.74) is 17.5. The Balaban J connectivity index is 1.90. The Labute approximate surface area is 113 Å². The molecule has 0 radical (unpaired) electrons. The molecule has 3 heteroatoms. The van der Waals surface area contributed by atoms with E-state index >= 15 is 0 Å². The van der Waals surface area contributed by atoms with E-state index in [1.54, 1.807) is 0 Å². The molecule has 3 nitrogen and oxygen atoms in total. The van der Waals surface area contributed by atoms with Crippen LogP contribution in [-0.4, -0.2) is 6.54 Å². The van der Waals surface area contributed by atoms with Crippen molar-refractivity contribution >= 4 is 17.1 Å². The molecule has 1 aliphatic heterocycles. The molecule has 0 bridgehead atoms. The first-order valence-electron chi connectivity index (χ1n) is 6.71. The number of fused-ring (bicyclic) bond motifs is 1. The minimum Gasteiger partial charge on any atom is -0.399 e. The van der Waals surface area contributed by atoms with Gasteiger partial charge in [-0.15, -0.1) is 0 Å². The first kappa shape index (κ1) is 11.9. The zero-order chi connectivity index (χ0) is 13.2. The Morgan fingerprint density at radius 1 is 1.05 bits per heavy atom. The van der Waals surface area contributed by atoms with E-state index in [0.717, 1.165) is 37.3 Å². The number of benzene rings is 2. The highest BCUT2D eigenvalue weighted by Crippen LogP contribution is 2.32. The van der Waals surface area contributed by atoms with Gasteiger partial charge in [0, 0.05) is 30.2 Å². The van der Waals surface area contributed by atoms with Crippen molar-refractivity contribution in [2.45, 2.75) is 19.4 Å². The van der Waals surface area contributed by atoms with Crippen LogP contribution >= 0.6 is 0 Å². The lowest BCUT2D eigenvalue weighted by Gasteiger charge is -2.32. The zero-order valence-electron chi connectivity index (χ0n) is 11.0. The minimum absolute atomic E-state index is 0.822. The van der Waals surface area contributed by atoms with E-state index in [0.29, 0.717) is 0 Å². The molecular weight excluding hydrogens is 234 g/mol. The van der Waals surface area contributed by atoms with Crippen LogP contribution in [-0.2, 0) is 13.0 Å². The van der Waals surface area contributed by atoms with Gasteiger partial charge in [-0.25, -0.2) is 0 Å². The van der Waals surface area contributed by atoms with Crippen molar-refractivity contribution in [2.75, 3.05) is 22.9 Å². The summed E-state index contributed by atoms with van der Waals surface area (Å²) in [6, 6.07) is 14.3.